The molecule has 1 fully saturated rings. The molecule has 1 aromatic carbocycles. The summed E-state index contributed by atoms with van der Waals surface area (Å²) in [6.07, 6.45) is 3.65. The Hall–Kier alpha value is -1.31. The number of rotatable bonds is 5. The monoisotopic (exact) mass is 347 g/mol. The number of nitrogens with zero attached hydrogens (tertiary/aromatic N) is 1. The van der Waals surface area contributed by atoms with Crippen LogP contribution >= 0.6 is 12.4 Å². The first-order chi connectivity index (χ1) is 9.85. The van der Waals surface area contributed by atoms with Gasteiger partial charge in [0.05, 0.1) is 12.3 Å². The SMILES string of the molecule is CS(=O)(=O)Nc1ccc(C[C@H](N)C(=O)N2CCCC2)cc1.Cl. The van der Waals surface area contributed by atoms with Crippen LogP contribution in [-0.2, 0) is 21.2 Å². The maximum Gasteiger partial charge on any atom is 0.239 e. The third-order valence-corrected chi connectivity index (χ3v) is 4.05. The Morgan fingerprint density at radius 3 is 2.32 bits per heavy atom. The normalized spacial score (nSPS) is 16.0. The Bertz CT molecular complexity index is 598. The molecule has 0 aliphatic carbocycles. The van der Waals surface area contributed by atoms with Gasteiger partial charge in [-0.2, -0.15) is 0 Å². The van der Waals surface area contributed by atoms with Gasteiger partial charge in [-0.3, -0.25) is 9.52 Å². The summed E-state index contributed by atoms with van der Waals surface area (Å²) in [7, 11) is -3.27. The second kappa shape index (κ2) is 7.80. The number of benzene rings is 1. The first-order valence-corrected chi connectivity index (χ1v) is 8.85. The van der Waals surface area contributed by atoms with Crippen LogP contribution in [0.3, 0.4) is 0 Å². The average molecular weight is 348 g/mol. The van der Waals surface area contributed by atoms with Crippen LogP contribution in [0.5, 0.6) is 0 Å². The Morgan fingerprint density at radius 1 is 1.27 bits per heavy atom. The van der Waals surface area contributed by atoms with Crippen LogP contribution < -0.4 is 10.5 Å². The van der Waals surface area contributed by atoms with Crippen molar-refractivity contribution in [1.82, 2.24) is 4.90 Å². The minimum absolute atomic E-state index is 0. The molecule has 2 rings (SSSR count). The van der Waals surface area contributed by atoms with Crippen molar-refractivity contribution < 1.29 is 13.2 Å². The molecule has 1 aliphatic heterocycles. The number of anilines is 1. The van der Waals surface area contributed by atoms with Crippen LogP contribution in [-0.4, -0.2) is 44.6 Å². The number of sulfonamides is 1. The fourth-order valence-electron chi connectivity index (χ4n) is 2.44. The predicted molar refractivity (Wildman–Crippen MR) is 89.6 cm³/mol. The van der Waals surface area contributed by atoms with Crippen LogP contribution in [0, 0.1) is 0 Å². The number of nitrogens with one attached hydrogen (secondary N) is 1. The largest absolute Gasteiger partial charge is 0.341 e. The van der Waals surface area contributed by atoms with Gasteiger partial charge >= 0.3 is 0 Å². The van der Waals surface area contributed by atoms with Gasteiger partial charge in [0.2, 0.25) is 15.9 Å². The summed E-state index contributed by atoms with van der Waals surface area (Å²) in [5.74, 6) is -0.00848. The summed E-state index contributed by atoms with van der Waals surface area (Å²) in [6.45, 7) is 1.59. The number of carbonyl (C=O) groups excluding carboxylic acids is 1. The molecule has 0 spiro atoms. The first-order valence-electron chi connectivity index (χ1n) is 6.96. The molecule has 0 saturated carbocycles. The second-order valence-electron chi connectivity index (χ2n) is 5.41. The lowest BCUT2D eigenvalue weighted by Gasteiger charge is -2.20. The number of halogens is 1. The smallest absolute Gasteiger partial charge is 0.239 e. The molecule has 1 aromatic rings. The number of hydrogen-bond donors (Lipinski definition) is 2. The maximum absolute atomic E-state index is 12.1. The average Bonchev–Trinajstić information content (AvgIpc) is 2.92. The third-order valence-electron chi connectivity index (χ3n) is 3.45. The standard InChI is InChI=1S/C14H21N3O3S.ClH/c1-21(19,20)16-12-6-4-11(5-7-12)10-13(15)14(18)17-8-2-3-9-17;/h4-7,13,16H,2-3,8-10,15H2,1H3;1H/t13-;/m0./s1. The Morgan fingerprint density at radius 2 is 1.82 bits per heavy atom. The lowest BCUT2D eigenvalue weighted by molar-refractivity contribution is -0.131. The molecule has 1 saturated heterocycles. The van der Waals surface area contributed by atoms with Crippen molar-refractivity contribution in [2.24, 2.45) is 5.73 Å². The quantitative estimate of drug-likeness (QED) is 0.830. The van der Waals surface area contributed by atoms with Crippen molar-refractivity contribution in [2.45, 2.75) is 25.3 Å². The molecule has 1 amide bonds. The van der Waals surface area contributed by atoms with E-state index in [2.05, 4.69) is 4.72 Å². The van der Waals surface area contributed by atoms with E-state index in [9.17, 15) is 13.2 Å². The van der Waals surface area contributed by atoms with E-state index >= 15 is 0 Å². The maximum atomic E-state index is 12.1. The summed E-state index contributed by atoms with van der Waals surface area (Å²) < 4.78 is 24.6. The summed E-state index contributed by atoms with van der Waals surface area (Å²) in [6, 6.07) is 6.36. The van der Waals surface area contributed by atoms with E-state index in [0.29, 0.717) is 12.1 Å². The minimum Gasteiger partial charge on any atom is -0.341 e. The number of hydrogen-bond acceptors (Lipinski definition) is 4. The molecular formula is C14H22ClN3O3S. The summed E-state index contributed by atoms with van der Waals surface area (Å²) in [5.41, 5.74) is 7.38. The Balaban J connectivity index is 0.00000242. The fourth-order valence-corrected chi connectivity index (χ4v) is 3.00. The Kier molecular flexibility index (Phi) is 6.65. The van der Waals surface area contributed by atoms with Crippen LogP contribution in [0.1, 0.15) is 18.4 Å². The summed E-state index contributed by atoms with van der Waals surface area (Å²) >= 11 is 0. The van der Waals surface area contributed by atoms with Crippen LogP contribution in [0.4, 0.5) is 5.69 Å². The van der Waals surface area contributed by atoms with Gasteiger partial charge in [0, 0.05) is 18.8 Å². The van der Waals surface area contributed by atoms with Crippen molar-refractivity contribution in [3.63, 3.8) is 0 Å². The lowest BCUT2D eigenvalue weighted by Crippen LogP contribution is -2.43. The van der Waals surface area contributed by atoms with Gasteiger partial charge in [-0.25, -0.2) is 8.42 Å². The molecule has 3 N–H and O–H groups in total. The number of amides is 1. The van der Waals surface area contributed by atoms with E-state index in [0.717, 1.165) is 37.8 Å². The molecule has 0 aromatic heterocycles. The number of nitrogens with two attached hydrogens (primary N) is 1. The third kappa shape index (κ3) is 5.47. The van der Waals surface area contributed by atoms with Gasteiger partial charge in [-0.15, -0.1) is 12.4 Å². The summed E-state index contributed by atoms with van der Waals surface area (Å²) in [5, 5.41) is 0. The molecule has 0 unspecified atom stereocenters. The van der Waals surface area contributed by atoms with Gasteiger partial charge < -0.3 is 10.6 Å². The molecule has 8 heteroatoms. The Labute approximate surface area is 137 Å². The zero-order chi connectivity index (χ0) is 15.5. The van der Waals surface area contributed by atoms with Crippen molar-refractivity contribution in [3.8, 4) is 0 Å². The molecule has 1 heterocycles. The van der Waals surface area contributed by atoms with Crippen LogP contribution in [0.15, 0.2) is 24.3 Å². The molecule has 1 atom stereocenters. The molecule has 0 bridgehead atoms. The van der Waals surface area contributed by atoms with Gasteiger partial charge in [-0.1, -0.05) is 12.1 Å². The van der Waals surface area contributed by atoms with Gasteiger partial charge in [0.1, 0.15) is 0 Å². The van der Waals surface area contributed by atoms with Crippen molar-refractivity contribution in [1.29, 1.82) is 0 Å². The first kappa shape index (κ1) is 18.7. The predicted octanol–water partition coefficient (Wildman–Crippen LogP) is 0.972. The van der Waals surface area contributed by atoms with Crippen molar-refractivity contribution in [3.05, 3.63) is 29.8 Å². The van der Waals surface area contributed by atoms with E-state index in [1.54, 1.807) is 24.3 Å². The minimum atomic E-state index is -3.27. The van der Waals surface area contributed by atoms with E-state index in [1.165, 1.54) is 0 Å². The molecule has 1 aliphatic rings. The lowest BCUT2D eigenvalue weighted by atomic mass is 10.1. The highest BCUT2D eigenvalue weighted by Crippen LogP contribution is 2.14. The topological polar surface area (TPSA) is 92.5 Å². The highest BCUT2D eigenvalue weighted by molar-refractivity contribution is 7.92. The van der Waals surface area contributed by atoms with E-state index in [4.69, 9.17) is 5.73 Å². The van der Waals surface area contributed by atoms with Crippen molar-refractivity contribution in [2.75, 3.05) is 24.1 Å². The molecule has 22 heavy (non-hydrogen) atoms. The highest BCUT2D eigenvalue weighted by atomic mass is 35.5. The fraction of sp³-hybridized carbons (Fsp3) is 0.500. The van der Waals surface area contributed by atoms with E-state index < -0.39 is 16.1 Å². The van der Waals surface area contributed by atoms with Gasteiger partial charge in [0.15, 0.2) is 0 Å². The van der Waals surface area contributed by atoms with Crippen LogP contribution in [0.2, 0.25) is 0 Å². The van der Waals surface area contributed by atoms with Crippen LogP contribution in [0.25, 0.3) is 0 Å². The summed E-state index contributed by atoms with van der Waals surface area (Å²) in [4.78, 5) is 13.9. The van der Waals surface area contributed by atoms with Crippen molar-refractivity contribution >= 4 is 34.0 Å². The molecule has 6 nitrogen and oxygen atoms in total. The van der Waals surface area contributed by atoms with E-state index in [1.807, 2.05) is 4.90 Å². The highest BCUT2D eigenvalue weighted by Gasteiger charge is 2.23. The zero-order valence-corrected chi connectivity index (χ0v) is 14.1. The molecule has 0 radical (unpaired) electrons. The van der Waals surface area contributed by atoms with Gasteiger partial charge in [0.25, 0.3) is 0 Å². The van der Waals surface area contributed by atoms with Gasteiger partial charge in [-0.05, 0) is 37.0 Å². The molecular weight excluding hydrogens is 326 g/mol. The number of likely N-dealkylation sites (tertiary alicyclic amines) is 1. The molecule has 124 valence electrons. The zero-order valence-electron chi connectivity index (χ0n) is 12.5. The number of carbonyl (C=O) groups is 1. The van der Waals surface area contributed by atoms with E-state index in [-0.39, 0.29) is 18.3 Å². The second-order valence-corrected chi connectivity index (χ2v) is 7.16.